The minimum atomic E-state index is -9.33. The van der Waals surface area contributed by atoms with Crippen LogP contribution in [-0.4, -0.2) is 108 Å². The monoisotopic (exact) mass is 882 g/mol. The van der Waals surface area contributed by atoms with Crippen molar-refractivity contribution < 1.29 is 154 Å². The molecule has 0 bridgehead atoms. The number of hydrogen-bond donors (Lipinski definition) is 0. The topological polar surface area (TPSA) is 9.23 Å². The molecular formula is C18H4F34O. The van der Waals surface area contributed by atoms with Gasteiger partial charge < -0.3 is 4.74 Å². The standard InChI is InChI=1S/C18H4F34O/c19-3(20,5(23,24)7(27,28)9(31,32)11(35,36)13(39,40)15(43,44)17(47,48)49)1-53-2-4(21,22)6(25,26)8(29,30)10(33,34)12(37,38)14(41,42)16(45,46)18(50,51)52/h1-2H2. The van der Waals surface area contributed by atoms with Gasteiger partial charge in [-0.15, -0.1) is 0 Å². The lowest BCUT2D eigenvalue weighted by atomic mass is 9.89. The molecule has 53 heavy (non-hydrogen) atoms. The quantitative estimate of drug-likeness (QED) is 0.140. The predicted octanol–water partition coefficient (Wildman–Crippen LogP) is 11.0. The van der Waals surface area contributed by atoms with Gasteiger partial charge in [0, 0.05) is 0 Å². The Bertz CT molecular complexity index is 1200. The summed E-state index contributed by atoms with van der Waals surface area (Å²) >= 11 is 0. The molecule has 320 valence electrons. The lowest BCUT2D eigenvalue weighted by molar-refractivity contribution is -0.464. The maximum Gasteiger partial charge on any atom is 0.460 e. The minimum absolute atomic E-state index is 2.23. The Hall–Kier alpha value is -2.42. The second-order valence-electron chi connectivity index (χ2n) is 9.79. The zero-order chi connectivity index (χ0) is 44.1. The Balaban J connectivity index is 6.78. The summed E-state index contributed by atoms with van der Waals surface area (Å²) in [5, 5.41) is 0. The van der Waals surface area contributed by atoms with E-state index in [-0.39, 0.29) is 0 Å². The van der Waals surface area contributed by atoms with E-state index >= 15 is 0 Å². The Morgan fingerprint density at radius 2 is 0.321 bits per heavy atom. The summed E-state index contributed by atoms with van der Waals surface area (Å²) in [6, 6.07) is 0. The highest BCUT2D eigenvalue weighted by atomic mass is 19.4. The first-order chi connectivity index (χ1) is 22.2. The molecule has 0 N–H and O–H groups in total. The van der Waals surface area contributed by atoms with E-state index in [4.69, 9.17) is 0 Å². The van der Waals surface area contributed by atoms with Gasteiger partial charge in [0.1, 0.15) is 13.2 Å². The smallest absolute Gasteiger partial charge is 0.368 e. The largest absolute Gasteiger partial charge is 0.460 e. The molecule has 0 heterocycles. The molecule has 0 aromatic heterocycles. The molecule has 0 atom stereocenters. The Kier molecular flexibility index (Phi) is 12.0. The van der Waals surface area contributed by atoms with E-state index < -0.39 is 108 Å². The van der Waals surface area contributed by atoms with E-state index in [1.807, 2.05) is 0 Å². The zero-order valence-corrected chi connectivity index (χ0v) is 22.7. The van der Waals surface area contributed by atoms with E-state index in [1.165, 1.54) is 0 Å². The summed E-state index contributed by atoms with van der Waals surface area (Å²) < 4.78 is 449. The van der Waals surface area contributed by atoms with Crippen molar-refractivity contribution in [1.82, 2.24) is 0 Å². The average molecular weight is 882 g/mol. The van der Waals surface area contributed by atoms with Crippen molar-refractivity contribution in [1.29, 1.82) is 0 Å². The Morgan fingerprint density at radius 1 is 0.189 bits per heavy atom. The summed E-state index contributed by atoms with van der Waals surface area (Å²) in [6.07, 6.45) is -16.4. The molecule has 0 aliphatic carbocycles. The number of halogens is 34. The van der Waals surface area contributed by atoms with Crippen LogP contribution in [0.3, 0.4) is 0 Å². The number of hydrogen-bond acceptors (Lipinski definition) is 1. The van der Waals surface area contributed by atoms with Crippen LogP contribution in [0.2, 0.25) is 0 Å². The minimum Gasteiger partial charge on any atom is -0.368 e. The first-order valence-electron chi connectivity index (χ1n) is 11.2. The molecule has 0 aromatic rings. The van der Waals surface area contributed by atoms with Crippen LogP contribution < -0.4 is 0 Å². The van der Waals surface area contributed by atoms with Crippen LogP contribution >= 0.6 is 0 Å². The molecule has 0 rings (SSSR count). The Labute approximate surface area is 264 Å². The molecule has 0 radical (unpaired) electrons. The van der Waals surface area contributed by atoms with E-state index in [0.717, 1.165) is 0 Å². The van der Waals surface area contributed by atoms with Crippen molar-refractivity contribution in [3.05, 3.63) is 0 Å². The summed E-state index contributed by atoms with van der Waals surface area (Å²) in [4.78, 5) is 0. The van der Waals surface area contributed by atoms with Crippen LogP contribution in [0.15, 0.2) is 0 Å². The zero-order valence-electron chi connectivity index (χ0n) is 22.7. The van der Waals surface area contributed by atoms with Crippen LogP contribution in [0.25, 0.3) is 0 Å². The van der Waals surface area contributed by atoms with Gasteiger partial charge in [-0.3, -0.25) is 0 Å². The van der Waals surface area contributed by atoms with Gasteiger partial charge in [0.15, 0.2) is 0 Å². The fourth-order valence-corrected chi connectivity index (χ4v) is 2.88. The third kappa shape index (κ3) is 6.48. The van der Waals surface area contributed by atoms with Gasteiger partial charge in [-0.05, 0) is 0 Å². The summed E-state index contributed by atoms with van der Waals surface area (Å²) in [5.41, 5.74) is 0. The van der Waals surface area contributed by atoms with Crippen LogP contribution in [0.1, 0.15) is 0 Å². The second-order valence-corrected chi connectivity index (χ2v) is 9.79. The van der Waals surface area contributed by atoms with Gasteiger partial charge in [0.2, 0.25) is 0 Å². The third-order valence-corrected chi connectivity index (χ3v) is 6.14. The van der Waals surface area contributed by atoms with Gasteiger partial charge in [-0.2, -0.15) is 149 Å². The highest BCUT2D eigenvalue weighted by Crippen LogP contribution is 2.66. The molecule has 0 saturated heterocycles. The molecule has 1 nitrogen and oxygen atoms in total. The first-order valence-corrected chi connectivity index (χ1v) is 11.2. The lowest BCUT2D eigenvalue weighted by Crippen LogP contribution is -2.75. The second kappa shape index (κ2) is 12.5. The average Bonchev–Trinajstić information content (AvgIpc) is 2.90. The molecule has 0 spiro atoms. The van der Waals surface area contributed by atoms with Crippen molar-refractivity contribution in [2.45, 2.75) is 95.3 Å². The van der Waals surface area contributed by atoms with Crippen molar-refractivity contribution in [2.75, 3.05) is 13.2 Å². The molecule has 0 fully saturated rings. The molecule has 0 aromatic carbocycles. The molecule has 0 saturated carbocycles. The van der Waals surface area contributed by atoms with Gasteiger partial charge in [-0.25, -0.2) is 0 Å². The summed E-state index contributed by atoms with van der Waals surface area (Å²) in [6.45, 7) is -9.32. The maximum atomic E-state index is 13.6. The van der Waals surface area contributed by atoms with Crippen LogP contribution in [0, 0.1) is 0 Å². The summed E-state index contributed by atoms with van der Waals surface area (Å²) in [5.74, 6) is -125. The molecule has 0 amide bonds. The maximum absolute atomic E-state index is 13.6. The van der Waals surface area contributed by atoms with Gasteiger partial charge in [0.25, 0.3) is 0 Å². The summed E-state index contributed by atoms with van der Waals surface area (Å²) in [7, 11) is 0. The fraction of sp³-hybridized carbons (Fsp3) is 1.00. The highest BCUT2D eigenvalue weighted by Gasteiger charge is 2.97. The van der Waals surface area contributed by atoms with Gasteiger partial charge in [-0.1, -0.05) is 0 Å². The van der Waals surface area contributed by atoms with Gasteiger partial charge in [0.05, 0.1) is 0 Å². The SMILES string of the molecule is FC(F)(F)C(F)(F)C(F)(F)C(F)(F)C(F)(F)C(F)(F)C(F)(F)C(F)(F)COCC(F)(F)C(F)(F)C(F)(F)C(F)(F)C(F)(F)C(F)(F)C(F)(F)C(F)(F)F. The van der Waals surface area contributed by atoms with E-state index in [0.29, 0.717) is 0 Å². The number of ether oxygens (including phenoxy) is 1. The van der Waals surface area contributed by atoms with Crippen molar-refractivity contribution in [3.8, 4) is 0 Å². The van der Waals surface area contributed by atoms with E-state index in [9.17, 15) is 149 Å². The number of rotatable bonds is 16. The van der Waals surface area contributed by atoms with E-state index in [2.05, 4.69) is 4.74 Å². The lowest BCUT2D eigenvalue weighted by Gasteiger charge is -2.43. The third-order valence-electron chi connectivity index (χ3n) is 6.14. The Morgan fingerprint density at radius 3 is 0.472 bits per heavy atom. The predicted molar refractivity (Wildman–Crippen MR) is 92.2 cm³/mol. The first kappa shape index (κ1) is 50.6. The molecular weight excluding hydrogens is 878 g/mol. The molecule has 0 aliphatic rings. The van der Waals surface area contributed by atoms with Crippen LogP contribution in [0.4, 0.5) is 149 Å². The van der Waals surface area contributed by atoms with Gasteiger partial charge >= 0.3 is 95.3 Å². The normalized spacial score (nSPS) is 17.1. The number of alkyl halides is 34. The van der Waals surface area contributed by atoms with Crippen molar-refractivity contribution >= 4 is 0 Å². The van der Waals surface area contributed by atoms with Crippen LogP contribution in [-0.2, 0) is 4.74 Å². The van der Waals surface area contributed by atoms with Crippen molar-refractivity contribution in [2.24, 2.45) is 0 Å². The highest BCUT2D eigenvalue weighted by molar-refractivity contribution is 5.16. The fourth-order valence-electron chi connectivity index (χ4n) is 2.88. The molecule has 0 unspecified atom stereocenters. The molecule has 35 heteroatoms. The van der Waals surface area contributed by atoms with Crippen LogP contribution in [0.5, 0.6) is 0 Å². The molecule has 0 aliphatic heterocycles. The van der Waals surface area contributed by atoms with E-state index in [1.54, 1.807) is 0 Å². The van der Waals surface area contributed by atoms with Crippen molar-refractivity contribution in [3.63, 3.8) is 0 Å².